The topological polar surface area (TPSA) is 76.3 Å². The van der Waals surface area contributed by atoms with E-state index in [0.29, 0.717) is 29.5 Å². The van der Waals surface area contributed by atoms with E-state index in [0.717, 1.165) is 49.9 Å². The Morgan fingerprint density at radius 3 is 2.55 bits per heavy atom. The Hall–Kier alpha value is -4.43. The first-order chi connectivity index (χ1) is 19.3. The van der Waals surface area contributed by atoms with Crippen molar-refractivity contribution in [3.8, 4) is 0 Å². The zero-order chi connectivity index (χ0) is 27.5. The third-order valence-corrected chi connectivity index (χ3v) is 10.2. The molecule has 3 aromatic heterocycles. The molecule has 0 bridgehead atoms. The van der Waals surface area contributed by atoms with Crippen molar-refractivity contribution in [2.24, 2.45) is 20.0 Å². The van der Waals surface area contributed by atoms with Crippen LogP contribution in [0.25, 0.3) is 21.8 Å². The number of hydrogen-bond acceptors (Lipinski definition) is 4. The maximum Gasteiger partial charge on any atom is 0.274 e. The molecule has 40 heavy (non-hydrogen) atoms. The fourth-order valence-electron chi connectivity index (χ4n) is 7.10. The highest BCUT2D eigenvalue weighted by Crippen LogP contribution is 2.68. The van der Waals surface area contributed by atoms with Crippen LogP contribution in [0, 0.1) is 12.8 Å². The molecule has 7 nitrogen and oxygen atoms in total. The monoisotopic (exact) mass is 546 g/mol. The second kappa shape index (κ2) is 7.82. The molecular formula is C32H26N4O3S. The standard InChI is InChI=1S/C32H26N4O3S/c1-17-16-40-29-26(37)13-27-32(28(17)29)14-20(32)15-36(27)31(39)25-12-19-10-21(8-9-23(19)35(25)3)33-30(38)24-11-18-6-4-5-7-22(18)34(24)2/h4-13,16,20H,14-15H2,1-3H3,(H,33,38)/t20-,32+/m0/s1. The lowest BCUT2D eigenvalue weighted by Gasteiger charge is -2.28. The number of aromatic nitrogens is 2. The zero-order valence-corrected chi connectivity index (χ0v) is 23.1. The predicted molar refractivity (Wildman–Crippen MR) is 156 cm³/mol. The Labute approximate surface area is 234 Å². The van der Waals surface area contributed by atoms with E-state index in [1.165, 1.54) is 11.3 Å². The number of para-hydroxylation sites is 1. The van der Waals surface area contributed by atoms with E-state index in [-0.39, 0.29) is 23.0 Å². The molecule has 4 heterocycles. The van der Waals surface area contributed by atoms with E-state index in [2.05, 4.69) is 17.6 Å². The van der Waals surface area contributed by atoms with Crippen LogP contribution >= 0.6 is 11.3 Å². The van der Waals surface area contributed by atoms with Gasteiger partial charge in [0, 0.05) is 65.3 Å². The van der Waals surface area contributed by atoms with Crippen molar-refractivity contribution >= 4 is 56.4 Å². The highest BCUT2D eigenvalue weighted by molar-refractivity contribution is 7.12. The number of aryl methyl sites for hydroxylation is 3. The molecule has 1 aliphatic heterocycles. The summed E-state index contributed by atoms with van der Waals surface area (Å²) in [5.74, 6) is 0.0711. The first kappa shape index (κ1) is 23.5. The molecule has 2 amide bonds. The van der Waals surface area contributed by atoms with Gasteiger partial charge in [0.25, 0.3) is 11.8 Å². The summed E-state index contributed by atoms with van der Waals surface area (Å²) in [5, 5.41) is 6.96. The summed E-state index contributed by atoms with van der Waals surface area (Å²) in [6.45, 7) is 2.70. The van der Waals surface area contributed by atoms with Crippen LogP contribution in [-0.2, 0) is 19.5 Å². The van der Waals surface area contributed by atoms with E-state index in [1.54, 1.807) is 6.08 Å². The van der Waals surface area contributed by atoms with Gasteiger partial charge < -0.3 is 19.4 Å². The number of piperidine rings is 1. The van der Waals surface area contributed by atoms with Gasteiger partial charge in [-0.2, -0.15) is 0 Å². The maximum atomic E-state index is 14.0. The highest BCUT2D eigenvalue weighted by Gasteiger charge is 2.68. The van der Waals surface area contributed by atoms with Crippen LogP contribution in [0.4, 0.5) is 5.69 Å². The Kier molecular flexibility index (Phi) is 4.59. The minimum atomic E-state index is -0.191. The van der Waals surface area contributed by atoms with Crippen LogP contribution in [0.3, 0.4) is 0 Å². The van der Waals surface area contributed by atoms with E-state index in [4.69, 9.17) is 0 Å². The lowest BCUT2D eigenvalue weighted by molar-refractivity contribution is 0.0802. The lowest BCUT2D eigenvalue weighted by atomic mass is 9.84. The number of allylic oxidation sites excluding steroid dienone is 2. The summed E-state index contributed by atoms with van der Waals surface area (Å²) in [7, 11) is 3.77. The van der Waals surface area contributed by atoms with E-state index >= 15 is 0 Å². The van der Waals surface area contributed by atoms with Crippen molar-refractivity contribution in [1.29, 1.82) is 0 Å². The summed E-state index contributed by atoms with van der Waals surface area (Å²) in [4.78, 5) is 42.7. The fraction of sp³-hybridized carbons (Fsp3) is 0.219. The number of benzene rings is 2. The number of anilines is 1. The van der Waals surface area contributed by atoms with Gasteiger partial charge in [0.1, 0.15) is 11.4 Å². The summed E-state index contributed by atoms with van der Waals surface area (Å²) < 4.78 is 3.79. The van der Waals surface area contributed by atoms with Crippen LogP contribution in [0.5, 0.6) is 0 Å². The number of likely N-dealkylation sites (tertiary alicyclic amines) is 1. The molecular weight excluding hydrogens is 520 g/mol. The fourth-order valence-corrected chi connectivity index (χ4v) is 8.15. The second-order valence-corrected chi connectivity index (χ2v) is 12.1. The van der Waals surface area contributed by atoms with Crippen molar-refractivity contribution in [2.45, 2.75) is 18.8 Å². The number of nitrogens with one attached hydrogen (secondary N) is 1. The molecule has 0 unspecified atom stereocenters. The number of rotatable bonds is 3. The smallest absolute Gasteiger partial charge is 0.274 e. The molecule has 198 valence electrons. The SMILES string of the molecule is Cc1csc2c1[C@]13C[C@H]1CN(C(=O)c1cc4cc(NC(=O)c5cc6ccccc6n5C)ccc4n1C)C3=CC2=O. The number of carbonyl (C=O) groups is 3. The summed E-state index contributed by atoms with van der Waals surface area (Å²) >= 11 is 1.52. The molecule has 3 aliphatic rings. The number of hydrogen-bond donors (Lipinski definition) is 1. The van der Waals surface area contributed by atoms with Crippen molar-refractivity contribution in [3.05, 3.63) is 99.1 Å². The quantitative estimate of drug-likeness (QED) is 0.311. The number of nitrogens with zero attached hydrogens (tertiary/aromatic N) is 3. The van der Waals surface area contributed by atoms with E-state index in [1.807, 2.05) is 82.7 Å². The maximum absolute atomic E-state index is 14.0. The van der Waals surface area contributed by atoms with Gasteiger partial charge in [-0.1, -0.05) is 18.2 Å². The molecule has 1 spiro atoms. The second-order valence-electron chi connectivity index (χ2n) is 11.3. The number of thiophene rings is 1. The first-order valence-corrected chi connectivity index (χ1v) is 14.3. The van der Waals surface area contributed by atoms with Crippen LogP contribution in [-0.4, -0.2) is 38.2 Å². The first-order valence-electron chi connectivity index (χ1n) is 13.4. The van der Waals surface area contributed by atoms with Gasteiger partial charge in [-0.25, -0.2) is 0 Å². The Morgan fingerprint density at radius 1 is 0.975 bits per heavy atom. The molecule has 2 atom stereocenters. The van der Waals surface area contributed by atoms with E-state index in [9.17, 15) is 14.4 Å². The van der Waals surface area contributed by atoms with Gasteiger partial charge in [-0.05, 0) is 72.2 Å². The Morgan fingerprint density at radius 2 is 1.73 bits per heavy atom. The van der Waals surface area contributed by atoms with Gasteiger partial charge >= 0.3 is 0 Å². The van der Waals surface area contributed by atoms with Crippen molar-refractivity contribution in [3.63, 3.8) is 0 Å². The summed E-state index contributed by atoms with van der Waals surface area (Å²) in [6, 6.07) is 17.4. The average Bonchev–Trinajstić information content (AvgIpc) is 3.26. The van der Waals surface area contributed by atoms with Gasteiger partial charge in [-0.3, -0.25) is 14.4 Å². The number of carbonyl (C=O) groups excluding carboxylic acids is 3. The Balaban J connectivity index is 1.10. The molecule has 8 rings (SSSR count). The highest BCUT2D eigenvalue weighted by atomic mass is 32.1. The largest absolute Gasteiger partial charge is 0.340 e. The van der Waals surface area contributed by atoms with Gasteiger partial charge in [0.15, 0.2) is 5.78 Å². The van der Waals surface area contributed by atoms with Crippen LogP contribution in [0.2, 0.25) is 0 Å². The molecule has 2 fully saturated rings. The Bertz CT molecular complexity index is 2010. The number of fused-ring (bicyclic) bond motifs is 3. The molecule has 1 saturated carbocycles. The van der Waals surface area contributed by atoms with Crippen LogP contribution in [0.1, 0.15) is 48.2 Å². The minimum Gasteiger partial charge on any atom is -0.340 e. The number of amides is 2. The van der Waals surface area contributed by atoms with Crippen LogP contribution in [0.15, 0.2) is 71.8 Å². The normalized spacial score (nSPS) is 20.9. The minimum absolute atomic E-state index is 0.00243. The third-order valence-electron chi connectivity index (χ3n) is 9.12. The molecule has 8 heteroatoms. The summed E-state index contributed by atoms with van der Waals surface area (Å²) in [6.07, 6.45) is 2.70. The molecule has 2 aromatic carbocycles. The van der Waals surface area contributed by atoms with Gasteiger partial charge in [0.2, 0.25) is 0 Å². The van der Waals surface area contributed by atoms with E-state index < -0.39 is 0 Å². The van der Waals surface area contributed by atoms with Crippen molar-refractivity contribution in [1.82, 2.24) is 14.0 Å². The lowest BCUT2D eigenvalue weighted by Crippen LogP contribution is -2.34. The molecule has 1 saturated heterocycles. The zero-order valence-electron chi connectivity index (χ0n) is 22.3. The predicted octanol–water partition coefficient (Wildman–Crippen LogP) is 5.79. The van der Waals surface area contributed by atoms with Gasteiger partial charge in [0.05, 0.1) is 4.88 Å². The summed E-state index contributed by atoms with van der Waals surface area (Å²) in [5.41, 5.74) is 6.65. The molecule has 5 aromatic rings. The van der Waals surface area contributed by atoms with Crippen molar-refractivity contribution in [2.75, 3.05) is 11.9 Å². The van der Waals surface area contributed by atoms with Crippen molar-refractivity contribution < 1.29 is 14.4 Å². The number of ketones is 1. The average molecular weight is 547 g/mol. The third kappa shape index (κ3) is 2.97. The van der Waals surface area contributed by atoms with Crippen LogP contribution < -0.4 is 5.32 Å². The molecule has 0 radical (unpaired) electrons. The molecule has 1 N–H and O–H groups in total. The van der Waals surface area contributed by atoms with Gasteiger partial charge in [-0.15, -0.1) is 11.3 Å². The molecule has 2 aliphatic carbocycles.